The van der Waals surface area contributed by atoms with Gasteiger partial charge in [0.2, 0.25) is 0 Å². The van der Waals surface area contributed by atoms with E-state index in [1.54, 1.807) is 13.8 Å². The average Bonchev–Trinajstić information content (AvgIpc) is 1.63. The van der Waals surface area contributed by atoms with E-state index in [-0.39, 0.29) is 6.15 Å². The number of carbonyl (C=O) groups excluding carboxylic acids is 1. The number of rotatable bonds is 1. The molecule has 0 aromatic rings. The van der Waals surface area contributed by atoms with Crippen LogP contribution in [0.1, 0.15) is 13.8 Å². The molecular formula is C6H12N2O2. The molecule has 0 fully saturated rings. The lowest BCUT2D eigenvalue weighted by atomic mass is 10.2. The summed E-state index contributed by atoms with van der Waals surface area (Å²) < 4.78 is 4.49. The van der Waals surface area contributed by atoms with Crippen LogP contribution < -0.4 is 11.9 Å². The second kappa shape index (κ2) is 3.75. The number of carbonyl (C=O) groups is 1. The molecule has 0 radical (unpaired) electrons. The molecule has 4 nitrogen and oxygen atoms in total. The van der Waals surface area contributed by atoms with Gasteiger partial charge in [-0.05, 0) is 13.8 Å². The highest BCUT2D eigenvalue weighted by atomic mass is 16.6. The zero-order chi connectivity index (χ0) is 7.49. The summed E-state index contributed by atoms with van der Waals surface area (Å²) in [5.74, 6) is 2.25. The van der Waals surface area contributed by atoms with Crippen molar-refractivity contribution < 1.29 is 9.53 Å². The van der Waals surface area contributed by atoms with Crippen LogP contribution in [-0.2, 0) is 4.74 Å². The maximum absolute atomic E-state index is 10.1. The van der Waals surface area contributed by atoms with Gasteiger partial charge in [0.1, 0.15) is 0 Å². The van der Waals surface area contributed by atoms with Crippen molar-refractivity contribution >= 4 is 6.09 Å². The molecule has 0 heterocycles. The van der Waals surface area contributed by atoms with Crippen LogP contribution in [0.5, 0.6) is 0 Å². The largest absolute Gasteiger partial charge is 0.430 e. The van der Waals surface area contributed by atoms with Crippen LogP contribution in [0.15, 0.2) is 0 Å². The van der Waals surface area contributed by atoms with Crippen LogP contribution in [0, 0.1) is 12.3 Å². The Labute approximate surface area is 60.3 Å². The lowest BCUT2D eigenvalue weighted by Crippen LogP contribution is -2.29. The number of ether oxygens (including phenoxy) is 1. The Morgan fingerprint density at radius 3 is 2.20 bits per heavy atom. The monoisotopic (exact) mass is 144 g/mol. The van der Waals surface area contributed by atoms with Gasteiger partial charge in [0.05, 0.1) is 0 Å². The molecule has 0 unspecified atom stereocenters. The Hall–Kier alpha value is -1.21. The molecule has 0 saturated heterocycles. The fourth-order valence-electron chi connectivity index (χ4n) is 0.281. The highest BCUT2D eigenvalue weighted by molar-refractivity contribution is 5.65. The van der Waals surface area contributed by atoms with E-state index in [1.165, 1.54) is 0 Å². The SMILES string of the molecule is C#CC(C)(C)OC(N)=O.N. The molecule has 0 aliphatic heterocycles. The summed E-state index contributed by atoms with van der Waals surface area (Å²) in [4.78, 5) is 10.1. The van der Waals surface area contributed by atoms with Crippen molar-refractivity contribution in [3.05, 3.63) is 0 Å². The van der Waals surface area contributed by atoms with Crippen LogP contribution >= 0.6 is 0 Å². The smallest absolute Gasteiger partial charge is 0.406 e. The van der Waals surface area contributed by atoms with Gasteiger partial charge in [0, 0.05) is 0 Å². The van der Waals surface area contributed by atoms with Gasteiger partial charge in [-0.15, -0.1) is 6.42 Å². The van der Waals surface area contributed by atoms with E-state index in [4.69, 9.17) is 12.2 Å². The Morgan fingerprint density at radius 2 is 2.10 bits per heavy atom. The molecule has 58 valence electrons. The second-order valence-corrected chi connectivity index (χ2v) is 2.08. The number of hydrogen-bond acceptors (Lipinski definition) is 3. The van der Waals surface area contributed by atoms with Crippen LogP contribution in [0.25, 0.3) is 0 Å². The Bertz CT molecular complexity index is 158. The standard InChI is InChI=1S/C6H9NO2.H3N/c1-4-6(2,3)9-5(7)8;/h1H,2-3H3,(H2,7,8);1H3. The molecule has 5 N–H and O–H groups in total. The predicted octanol–water partition coefficient (Wildman–Crippen LogP) is 0.655. The van der Waals surface area contributed by atoms with Crippen LogP contribution in [0.2, 0.25) is 0 Å². The van der Waals surface area contributed by atoms with Crippen molar-refractivity contribution in [3.63, 3.8) is 0 Å². The van der Waals surface area contributed by atoms with Crippen molar-refractivity contribution in [2.24, 2.45) is 5.73 Å². The zero-order valence-corrected chi connectivity index (χ0v) is 6.18. The normalized spacial score (nSPS) is 8.90. The molecular weight excluding hydrogens is 132 g/mol. The van der Waals surface area contributed by atoms with Gasteiger partial charge < -0.3 is 16.6 Å². The first kappa shape index (κ1) is 11.6. The quantitative estimate of drug-likeness (QED) is 0.530. The minimum absolute atomic E-state index is 0. The number of nitrogens with two attached hydrogens (primary N) is 1. The van der Waals surface area contributed by atoms with Gasteiger partial charge in [-0.3, -0.25) is 0 Å². The average molecular weight is 144 g/mol. The predicted molar refractivity (Wildman–Crippen MR) is 38.6 cm³/mol. The molecule has 10 heavy (non-hydrogen) atoms. The highest BCUT2D eigenvalue weighted by Gasteiger charge is 2.16. The number of terminal acetylenes is 1. The molecule has 0 aliphatic carbocycles. The van der Waals surface area contributed by atoms with E-state index < -0.39 is 11.7 Å². The third-order valence-electron chi connectivity index (χ3n) is 0.703. The summed E-state index contributed by atoms with van der Waals surface area (Å²) in [5, 5.41) is 0. The number of hydrogen-bond donors (Lipinski definition) is 2. The minimum atomic E-state index is -0.883. The fourth-order valence-corrected chi connectivity index (χ4v) is 0.281. The van der Waals surface area contributed by atoms with Gasteiger partial charge >= 0.3 is 6.09 Å². The summed E-state index contributed by atoms with van der Waals surface area (Å²) in [6.07, 6.45) is 4.12. The summed E-state index contributed by atoms with van der Waals surface area (Å²) >= 11 is 0. The van der Waals surface area contributed by atoms with Crippen molar-refractivity contribution in [2.75, 3.05) is 0 Å². The molecule has 0 atom stereocenters. The maximum atomic E-state index is 10.1. The van der Waals surface area contributed by atoms with Gasteiger partial charge in [-0.25, -0.2) is 4.79 Å². The van der Waals surface area contributed by atoms with E-state index in [0.717, 1.165) is 0 Å². The summed E-state index contributed by atoms with van der Waals surface area (Å²) in [6, 6.07) is 0. The summed E-state index contributed by atoms with van der Waals surface area (Å²) in [7, 11) is 0. The van der Waals surface area contributed by atoms with E-state index in [0.29, 0.717) is 0 Å². The van der Waals surface area contributed by atoms with E-state index in [1.807, 2.05) is 0 Å². The molecule has 0 spiro atoms. The van der Waals surface area contributed by atoms with E-state index in [9.17, 15) is 4.79 Å². The van der Waals surface area contributed by atoms with Crippen molar-refractivity contribution in [2.45, 2.75) is 19.4 Å². The van der Waals surface area contributed by atoms with Crippen molar-refractivity contribution in [1.29, 1.82) is 0 Å². The lowest BCUT2D eigenvalue weighted by Gasteiger charge is -2.15. The zero-order valence-electron chi connectivity index (χ0n) is 6.18. The molecule has 0 rings (SSSR count). The molecule has 0 bridgehead atoms. The molecule has 0 saturated carbocycles. The second-order valence-electron chi connectivity index (χ2n) is 2.08. The molecule has 1 amide bonds. The van der Waals surface area contributed by atoms with Gasteiger partial charge in [0.15, 0.2) is 5.60 Å². The van der Waals surface area contributed by atoms with Crippen LogP contribution in [0.3, 0.4) is 0 Å². The number of amides is 1. The van der Waals surface area contributed by atoms with Crippen molar-refractivity contribution in [1.82, 2.24) is 6.15 Å². The number of primary amides is 1. The van der Waals surface area contributed by atoms with Crippen LogP contribution in [0.4, 0.5) is 4.79 Å². The first-order valence-corrected chi connectivity index (χ1v) is 2.44. The topological polar surface area (TPSA) is 87.3 Å². The third-order valence-corrected chi connectivity index (χ3v) is 0.703. The third kappa shape index (κ3) is 4.94. The first-order chi connectivity index (χ1) is 3.98. The lowest BCUT2D eigenvalue weighted by molar-refractivity contribution is 0.0866. The fraction of sp³-hybridized carbons (Fsp3) is 0.500. The molecule has 4 heteroatoms. The van der Waals surface area contributed by atoms with Gasteiger partial charge in [-0.1, -0.05) is 5.92 Å². The van der Waals surface area contributed by atoms with Crippen molar-refractivity contribution in [3.8, 4) is 12.3 Å². The molecule has 0 aromatic carbocycles. The van der Waals surface area contributed by atoms with Gasteiger partial charge in [0.25, 0.3) is 0 Å². The van der Waals surface area contributed by atoms with E-state index in [2.05, 4.69) is 10.7 Å². The Balaban J connectivity index is 0. The Morgan fingerprint density at radius 1 is 1.70 bits per heavy atom. The van der Waals surface area contributed by atoms with Crippen LogP contribution in [-0.4, -0.2) is 11.7 Å². The van der Waals surface area contributed by atoms with E-state index >= 15 is 0 Å². The molecule has 0 aliphatic rings. The maximum Gasteiger partial charge on any atom is 0.406 e. The van der Waals surface area contributed by atoms with Gasteiger partial charge in [-0.2, -0.15) is 0 Å². The molecule has 0 aromatic heterocycles. The first-order valence-electron chi connectivity index (χ1n) is 2.44. The highest BCUT2D eigenvalue weighted by Crippen LogP contribution is 2.05. The minimum Gasteiger partial charge on any atom is -0.430 e. The summed E-state index contributed by atoms with van der Waals surface area (Å²) in [6.45, 7) is 3.16. The summed E-state index contributed by atoms with van der Waals surface area (Å²) in [5.41, 5.74) is 3.81. The Kier molecular flexibility index (Phi) is 4.34.